The molecule has 0 aliphatic rings. The maximum absolute atomic E-state index is 12.4. The highest BCUT2D eigenvalue weighted by Crippen LogP contribution is 2.21. The van der Waals surface area contributed by atoms with Gasteiger partial charge in [0.2, 0.25) is 0 Å². The molecule has 5 nitrogen and oxygen atoms in total. The summed E-state index contributed by atoms with van der Waals surface area (Å²) in [7, 11) is -3.69. The molecule has 0 spiro atoms. The standard InChI is InChI=1S/C17H17NO4S/c1-12-3-4-13(2)16(11-12)18-23(21,22)15-8-5-14(6-9-15)7-10-17(19)20/h3-11,18H,1-2H3,(H,19,20)/b10-7-. The molecule has 0 aliphatic carbocycles. The van der Waals surface area contributed by atoms with Crippen molar-refractivity contribution >= 4 is 27.8 Å². The second kappa shape index (κ2) is 6.66. The topological polar surface area (TPSA) is 83.5 Å². The van der Waals surface area contributed by atoms with Crippen LogP contribution in [0.15, 0.2) is 53.4 Å². The van der Waals surface area contributed by atoms with Crippen molar-refractivity contribution in [1.82, 2.24) is 0 Å². The van der Waals surface area contributed by atoms with Gasteiger partial charge >= 0.3 is 5.97 Å². The fraction of sp³-hybridized carbons (Fsp3) is 0.118. The number of sulfonamides is 1. The molecule has 120 valence electrons. The van der Waals surface area contributed by atoms with Crippen LogP contribution in [0.5, 0.6) is 0 Å². The molecule has 23 heavy (non-hydrogen) atoms. The van der Waals surface area contributed by atoms with Crippen LogP contribution in [0, 0.1) is 13.8 Å². The van der Waals surface area contributed by atoms with Crippen LogP contribution in [0.3, 0.4) is 0 Å². The van der Waals surface area contributed by atoms with Gasteiger partial charge in [-0.3, -0.25) is 4.72 Å². The minimum Gasteiger partial charge on any atom is -0.478 e. The Bertz CT molecular complexity index is 853. The van der Waals surface area contributed by atoms with E-state index in [2.05, 4.69) is 4.72 Å². The van der Waals surface area contributed by atoms with Gasteiger partial charge in [-0.05, 0) is 54.8 Å². The second-order valence-electron chi connectivity index (χ2n) is 5.16. The molecule has 2 N–H and O–H groups in total. The van der Waals surface area contributed by atoms with Gasteiger partial charge < -0.3 is 5.11 Å². The molecule has 0 radical (unpaired) electrons. The number of anilines is 1. The van der Waals surface area contributed by atoms with Crippen LogP contribution in [-0.4, -0.2) is 19.5 Å². The van der Waals surface area contributed by atoms with E-state index in [1.165, 1.54) is 18.2 Å². The van der Waals surface area contributed by atoms with Crippen molar-refractivity contribution in [3.8, 4) is 0 Å². The van der Waals surface area contributed by atoms with Crippen LogP contribution in [0.4, 0.5) is 5.69 Å². The van der Waals surface area contributed by atoms with E-state index < -0.39 is 16.0 Å². The summed E-state index contributed by atoms with van der Waals surface area (Å²) in [6, 6.07) is 11.5. The summed E-state index contributed by atoms with van der Waals surface area (Å²) in [6.07, 6.45) is 2.40. The molecule has 0 saturated heterocycles. The Kier molecular flexibility index (Phi) is 4.86. The summed E-state index contributed by atoms with van der Waals surface area (Å²) in [5.74, 6) is -1.06. The van der Waals surface area contributed by atoms with Gasteiger partial charge in [0.1, 0.15) is 0 Å². The lowest BCUT2D eigenvalue weighted by Gasteiger charge is -2.11. The molecular formula is C17H17NO4S. The molecule has 0 heterocycles. The third-order valence-electron chi connectivity index (χ3n) is 3.25. The van der Waals surface area contributed by atoms with Gasteiger partial charge in [0, 0.05) is 6.08 Å². The normalized spacial score (nSPS) is 11.6. The zero-order valence-electron chi connectivity index (χ0n) is 12.8. The molecule has 0 aromatic heterocycles. The average molecular weight is 331 g/mol. The smallest absolute Gasteiger partial charge is 0.328 e. The average Bonchev–Trinajstić information content (AvgIpc) is 2.49. The molecule has 0 aliphatic heterocycles. The SMILES string of the molecule is Cc1ccc(C)c(NS(=O)(=O)c2ccc(/C=C\C(=O)O)cc2)c1. The summed E-state index contributed by atoms with van der Waals surface area (Å²) in [5.41, 5.74) is 2.94. The number of aliphatic carboxylic acids is 1. The minimum absolute atomic E-state index is 0.117. The van der Waals surface area contributed by atoms with Crippen LogP contribution in [-0.2, 0) is 14.8 Å². The van der Waals surface area contributed by atoms with Gasteiger partial charge in [-0.25, -0.2) is 13.2 Å². The quantitative estimate of drug-likeness (QED) is 0.824. The van der Waals surface area contributed by atoms with Gasteiger partial charge in [-0.2, -0.15) is 0 Å². The van der Waals surface area contributed by atoms with E-state index in [1.54, 1.807) is 18.2 Å². The Labute approximate surface area is 135 Å². The second-order valence-corrected chi connectivity index (χ2v) is 6.85. The Morgan fingerprint density at radius 2 is 1.74 bits per heavy atom. The van der Waals surface area contributed by atoms with Crippen molar-refractivity contribution in [2.45, 2.75) is 18.7 Å². The van der Waals surface area contributed by atoms with E-state index in [1.807, 2.05) is 26.0 Å². The first-order chi connectivity index (χ1) is 10.8. The largest absolute Gasteiger partial charge is 0.478 e. The monoisotopic (exact) mass is 331 g/mol. The number of hydrogen-bond acceptors (Lipinski definition) is 3. The van der Waals surface area contributed by atoms with E-state index >= 15 is 0 Å². The molecule has 0 saturated carbocycles. The molecule has 6 heteroatoms. The zero-order valence-corrected chi connectivity index (χ0v) is 13.6. The Hall–Kier alpha value is -2.60. The zero-order chi connectivity index (χ0) is 17.0. The number of benzene rings is 2. The predicted molar refractivity (Wildman–Crippen MR) is 89.8 cm³/mol. The third-order valence-corrected chi connectivity index (χ3v) is 4.63. The van der Waals surface area contributed by atoms with Gasteiger partial charge in [0.25, 0.3) is 10.0 Å². The maximum Gasteiger partial charge on any atom is 0.328 e. The Morgan fingerprint density at radius 1 is 1.09 bits per heavy atom. The van der Waals surface area contributed by atoms with Gasteiger partial charge in [0.05, 0.1) is 10.6 Å². The lowest BCUT2D eigenvalue weighted by Crippen LogP contribution is -2.13. The highest BCUT2D eigenvalue weighted by molar-refractivity contribution is 7.92. The van der Waals surface area contributed by atoms with E-state index in [4.69, 9.17) is 5.11 Å². The van der Waals surface area contributed by atoms with Crippen molar-refractivity contribution in [1.29, 1.82) is 0 Å². The lowest BCUT2D eigenvalue weighted by molar-refractivity contribution is -0.131. The number of nitrogens with one attached hydrogen (secondary N) is 1. The fourth-order valence-electron chi connectivity index (χ4n) is 1.98. The van der Waals surface area contributed by atoms with Crippen LogP contribution in [0.1, 0.15) is 16.7 Å². The first kappa shape index (κ1) is 16.8. The number of carboxylic acid groups (broad SMARTS) is 1. The highest BCUT2D eigenvalue weighted by atomic mass is 32.2. The van der Waals surface area contributed by atoms with E-state index in [0.29, 0.717) is 11.3 Å². The summed E-state index contributed by atoms with van der Waals surface area (Å²) in [6.45, 7) is 3.72. The van der Waals surface area contributed by atoms with E-state index in [9.17, 15) is 13.2 Å². The van der Waals surface area contributed by atoms with Gasteiger partial charge in [0.15, 0.2) is 0 Å². The first-order valence-electron chi connectivity index (χ1n) is 6.89. The molecule has 0 bridgehead atoms. The highest BCUT2D eigenvalue weighted by Gasteiger charge is 2.15. The van der Waals surface area contributed by atoms with Crippen molar-refractivity contribution in [3.05, 3.63) is 65.2 Å². The van der Waals surface area contributed by atoms with Crippen LogP contribution < -0.4 is 4.72 Å². The molecule has 2 aromatic rings. The number of carboxylic acids is 1. The van der Waals surface area contributed by atoms with Crippen LogP contribution >= 0.6 is 0 Å². The van der Waals surface area contributed by atoms with Crippen LogP contribution in [0.25, 0.3) is 6.08 Å². The molecule has 2 rings (SSSR count). The predicted octanol–water partition coefficient (Wildman–Crippen LogP) is 3.20. The fourth-order valence-corrected chi connectivity index (χ4v) is 3.10. The molecule has 0 atom stereocenters. The minimum atomic E-state index is -3.69. The Balaban J connectivity index is 2.26. The summed E-state index contributed by atoms with van der Waals surface area (Å²) < 4.78 is 27.4. The number of rotatable bonds is 5. The summed E-state index contributed by atoms with van der Waals surface area (Å²) >= 11 is 0. The van der Waals surface area contributed by atoms with Gasteiger partial charge in [-0.15, -0.1) is 0 Å². The first-order valence-corrected chi connectivity index (χ1v) is 8.37. The molecular weight excluding hydrogens is 314 g/mol. The van der Waals surface area contributed by atoms with Crippen molar-refractivity contribution in [2.24, 2.45) is 0 Å². The number of carbonyl (C=O) groups is 1. The maximum atomic E-state index is 12.4. The molecule has 0 amide bonds. The number of aryl methyl sites for hydroxylation is 2. The van der Waals surface area contributed by atoms with Crippen molar-refractivity contribution in [2.75, 3.05) is 4.72 Å². The van der Waals surface area contributed by atoms with E-state index in [-0.39, 0.29) is 4.90 Å². The molecule has 2 aromatic carbocycles. The Morgan fingerprint density at radius 3 is 2.35 bits per heavy atom. The van der Waals surface area contributed by atoms with Crippen molar-refractivity contribution in [3.63, 3.8) is 0 Å². The van der Waals surface area contributed by atoms with E-state index in [0.717, 1.165) is 17.2 Å². The van der Waals surface area contributed by atoms with Crippen molar-refractivity contribution < 1.29 is 18.3 Å². The molecule has 0 fully saturated rings. The summed E-state index contributed by atoms with van der Waals surface area (Å²) in [5, 5.41) is 8.58. The lowest BCUT2D eigenvalue weighted by atomic mass is 10.1. The molecule has 0 unspecified atom stereocenters. The van der Waals surface area contributed by atoms with Gasteiger partial charge in [-0.1, -0.05) is 24.3 Å². The van der Waals surface area contributed by atoms with Crippen LogP contribution in [0.2, 0.25) is 0 Å². The summed E-state index contributed by atoms with van der Waals surface area (Å²) in [4.78, 5) is 10.6. The number of hydrogen-bond donors (Lipinski definition) is 2. The third kappa shape index (κ3) is 4.43.